The molecule has 0 bridgehead atoms. The number of rotatable bonds is 2. The summed E-state index contributed by atoms with van der Waals surface area (Å²) < 4.78 is 0. The van der Waals surface area contributed by atoms with E-state index in [4.69, 9.17) is 0 Å². The van der Waals surface area contributed by atoms with Gasteiger partial charge in [-0.25, -0.2) is 0 Å². The highest BCUT2D eigenvalue weighted by Crippen LogP contribution is 2.02. The molecule has 0 fully saturated rings. The lowest BCUT2D eigenvalue weighted by atomic mass is 10.1. The molecular weight excluding hydrogens is 219 g/mol. The van der Waals surface area contributed by atoms with E-state index in [9.17, 15) is 0 Å². The van der Waals surface area contributed by atoms with Gasteiger partial charge in [-0.2, -0.15) is 0 Å². The SMILES string of the molecule is CC(C)(C)NCc1cccnc1.Cl.Cl. The minimum atomic E-state index is 0. The van der Waals surface area contributed by atoms with Gasteiger partial charge in [-0.15, -0.1) is 24.8 Å². The summed E-state index contributed by atoms with van der Waals surface area (Å²) in [5.41, 5.74) is 1.41. The zero-order chi connectivity index (χ0) is 9.03. The summed E-state index contributed by atoms with van der Waals surface area (Å²) in [5, 5.41) is 3.40. The van der Waals surface area contributed by atoms with Gasteiger partial charge < -0.3 is 5.32 Å². The van der Waals surface area contributed by atoms with Gasteiger partial charge in [0.2, 0.25) is 0 Å². The number of halogens is 2. The van der Waals surface area contributed by atoms with Crippen LogP contribution in [0.1, 0.15) is 26.3 Å². The van der Waals surface area contributed by atoms with E-state index >= 15 is 0 Å². The Bertz CT molecular complexity index is 232. The molecule has 14 heavy (non-hydrogen) atoms. The van der Waals surface area contributed by atoms with Gasteiger partial charge in [0, 0.05) is 24.5 Å². The molecule has 82 valence electrons. The molecule has 1 rings (SSSR count). The number of nitrogens with zero attached hydrogens (tertiary/aromatic N) is 1. The Labute approximate surface area is 98.3 Å². The lowest BCUT2D eigenvalue weighted by Gasteiger charge is -2.20. The third-order valence-electron chi connectivity index (χ3n) is 1.55. The number of pyridine rings is 1. The van der Waals surface area contributed by atoms with Crippen molar-refractivity contribution in [1.82, 2.24) is 10.3 Å². The molecular formula is C10H18Cl2N2. The second kappa shape index (κ2) is 7.04. The molecule has 0 aliphatic carbocycles. The van der Waals surface area contributed by atoms with E-state index < -0.39 is 0 Å². The summed E-state index contributed by atoms with van der Waals surface area (Å²) in [7, 11) is 0. The number of aromatic nitrogens is 1. The molecule has 1 aromatic rings. The molecule has 1 aromatic heterocycles. The summed E-state index contributed by atoms with van der Waals surface area (Å²) in [6, 6.07) is 4.03. The molecule has 0 saturated heterocycles. The van der Waals surface area contributed by atoms with Crippen molar-refractivity contribution in [2.24, 2.45) is 0 Å². The topological polar surface area (TPSA) is 24.9 Å². The third kappa shape index (κ3) is 7.13. The number of hydrogen-bond donors (Lipinski definition) is 1. The second-order valence-corrected chi connectivity index (χ2v) is 3.96. The fourth-order valence-corrected chi connectivity index (χ4v) is 0.870. The van der Waals surface area contributed by atoms with E-state index in [1.807, 2.05) is 12.3 Å². The van der Waals surface area contributed by atoms with Gasteiger partial charge in [-0.1, -0.05) is 6.07 Å². The molecule has 4 heteroatoms. The van der Waals surface area contributed by atoms with Crippen molar-refractivity contribution in [3.8, 4) is 0 Å². The van der Waals surface area contributed by atoms with Crippen LogP contribution in [0.4, 0.5) is 0 Å². The van der Waals surface area contributed by atoms with Gasteiger partial charge in [0.25, 0.3) is 0 Å². The Morgan fingerprint density at radius 1 is 1.29 bits per heavy atom. The first-order valence-corrected chi connectivity index (χ1v) is 4.22. The smallest absolute Gasteiger partial charge is 0.0312 e. The highest BCUT2D eigenvalue weighted by Gasteiger charge is 2.07. The summed E-state index contributed by atoms with van der Waals surface area (Å²) in [5.74, 6) is 0. The van der Waals surface area contributed by atoms with E-state index in [1.54, 1.807) is 6.20 Å². The van der Waals surface area contributed by atoms with E-state index in [0.29, 0.717) is 0 Å². The molecule has 0 saturated carbocycles. The Morgan fingerprint density at radius 2 is 1.93 bits per heavy atom. The van der Waals surface area contributed by atoms with E-state index in [1.165, 1.54) is 5.56 Å². The van der Waals surface area contributed by atoms with Gasteiger partial charge >= 0.3 is 0 Å². The molecule has 0 spiro atoms. The Hall–Kier alpha value is -0.310. The Balaban J connectivity index is 0. The van der Waals surface area contributed by atoms with Gasteiger partial charge in [0.05, 0.1) is 0 Å². The molecule has 0 amide bonds. The van der Waals surface area contributed by atoms with E-state index in [0.717, 1.165) is 6.54 Å². The first-order chi connectivity index (χ1) is 5.58. The van der Waals surface area contributed by atoms with Crippen molar-refractivity contribution in [2.75, 3.05) is 0 Å². The average molecular weight is 237 g/mol. The Morgan fingerprint density at radius 3 is 2.36 bits per heavy atom. The Kier molecular flexibility index (Phi) is 8.12. The predicted molar refractivity (Wildman–Crippen MR) is 65.3 cm³/mol. The van der Waals surface area contributed by atoms with Crippen LogP contribution in [0.3, 0.4) is 0 Å². The zero-order valence-electron chi connectivity index (χ0n) is 8.78. The van der Waals surface area contributed by atoms with Crippen LogP contribution in [-0.2, 0) is 6.54 Å². The lowest BCUT2D eigenvalue weighted by Crippen LogP contribution is -2.35. The van der Waals surface area contributed by atoms with Crippen molar-refractivity contribution in [1.29, 1.82) is 0 Å². The second-order valence-electron chi connectivity index (χ2n) is 3.96. The van der Waals surface area contributed by atoms with Crippen molar-refractivity contribution in [2.45, 2.75) is 32.9 Å². The maximum Gasteiger partial charge on any atom is 0.0312 e. The van der Waals surface area contributed by atoms with Crippen LogP contribution in [0, 0.1) is 0 Å². The molecule has 0 aromatic carbocycles. The molecule has 1 heterocycles. The minimum Gasteiger partial charge on any atom is -0.308 e. The van der Waals surface area contributed by atoms with Crippen molar-refractivity contribution >= 4 is 24.8 Å². The van der Waals surface area contributed by atoms with Crippen molar-refractivity contribution in [3.63, 3.8) is 0 Å². The quantitative estimate of drug-likeness (QED) is 0.855. The third-order valence-corrected chi connectivity index (χ3v) is 1.55. The summed E-state index contributed by atoms with van der Waals surface area (Å²) in [6.45, 7) is 7.35. The molecule has 0 aliphatic heterocycles. The van der Waals surface area contributed by atoms with Crippen LogP contribution < -0.4 is 5.32 Å². The number of hydrogen-bond acceptors (Lipinski definition) is 2. The normalized spacial score (nSPS) is 9.93. The van der Waals surface area contributed by atoms with Crippen molar-refractivity contribution < 1.29 is 0 Å². The van der Waals surface area contributed by atoms with Crippen LogP contribution in [-0.4, -0.2) is 10.5 Å². The molecule has 0 unspecified atom stereocenters. The number of nitrogens with one attached hydrogen (secondary N) is 1. The molecule has 2 nitrogen and oxygen atoms in total. The van der Waals surface area contributed by atoms with Crippen LogP contribution in [0.25, 0.3) is 0 Å². The van der Waals surface area contributed by atoms with Gasteiger partial charge in [-0.3, -0.25) is 4.98 Å². The fraction of sp³-hybridized carbons (Fsp3) is 0.500. The van der Waals surface area contributed by atoms with E-state index in [2.05, 4.69) is 37.1 Å². The highest BCUT2D eigenvalue weighted by atomic mass is 35.5. The van der Waals surface area contributed by atoms with Gasteiger partial charge in [0.15, 0.2) is 0 Å². The average Bonchev–Trinajstić information content (AvgIpc) is 2.02. The first kappa shape index (κ1) is 16.1. The molecule has 1 N–H and O–H groups in total. The highest BCUT2D eigenvalue weighted by molar-refractivity contribution is 5.85. The van der Waals surface area contributed by atoms with Crippen LogP contribution in [0.15, 0.2) is 24.5 Å². The summed E-state index contributed by atoms with van der Waals surface area (Å²) >= 11 is 0. The largest absolute Gasteiger partial charge is 0.308 e. The summed E-state index contributed by atoms with van der Waals surface area (Å²) in [6.07, 6.45) is 3.68. The maximum atomic E-state index is 4.05. The summed E-state index contributed by atoms with van der Waals surface area (Å²) in [4.78, 5) is 4.05. The predicted octanol–water partition coefficient (Wildman–Crippen LogP) is 2.81. The van der Waals surface area contributed by atoms with Gasteiger partial charge in [0.1, 0.15) is 0 Å². The fourth-order valence-electron chi connectivity index (χ4n) is 0.870. The molecule has 0 atom stereocenters. The molecule has 0 radical (unpaired) electrons. The van der Waals surface area contributed by atoms with Crippen LogP contribution >= 0.6 is 24.8 Å². The standard InChI is InChI=1S/C10H16N2.2ClH/c1-10(2,3)12-8-9-5-4-6-11-7-9;;/h4-7,12H,8H2,1-3H3;2*1H. The van der Waals surface area contributed by atoms with Crippen LogP contribution in [0.5, 0.6) is 0 Å². The lowest BCUT2D eigenvalue weighted by molar-refractivity contribution is 0.424. The maximum absolute atomic E-state index is 4.05. The molecule has 0 aliphatic rings. The zero-order valence-corrected chi connectivity index (χ0v) is 10.4. The van der Waals surface area contributed by atoms with E-state index in [-0.39, 0.29) is 30.4 Å². The first-order valence-electron chi connectivity index (χ1n) is 4.22. The van der Waals surface area contributed by atoms with Crippen LogP contribution in [0.2, 0.25) is 0 Å². The van der Waals surface area contributed by atoms with Crippen molar-refractivity contribution in [3.05, 3.63) is 30.1 Å². The minimum absolute atomic E-state index is 0. The van der Waals surface area contributed by atoms with Gasteiger partial charge in [-0.05, 0) is 32.4 Å². The monoisotopic (exact) mass is 236 g/mol.